The van der Waals surface area contributed by atoms with Gasteiger partial charge in [-0.25, -0.2) is 0 Å². The summed E-state index contributed by atoms with van der Waals surface area (Å²) in [5.41, 5.74) is 0. The third kappa shape index (κ3) is 2.67. The fourth-order valence-corrected chi connectivity index (χ4v) is 1.40. The maximum absolute atomic E-state index is 8.46. The first-order valence-electron chi connectivity index (χ1n) is 3.07. The molecule has 0 amide bonds. The summed E-state index contributed by atoms with van der Waals surface area (Å²) in [6, 6.07) is 4.81. The lowest BCUT2D eigenvalue weighted by Gasteiger charge is -2.06. The molecular formula is C6H5BBrClO3. The van der Waals surface area contributed by atoms with Crippen LogP contribution in [-0.2, 0) is 0 Å². The lowest BCUT2D eigenvalue weighted by Crippen LogP contribution is -2.20. The van der Waals surface area contributed by atoms with Crippen LogP contribution in [0.1, 0.15) is 0 Å². The summed E-state index contributed by atoms with van der Waals surface area (Å²) < 4.78 is 5.36. The molecule has 0 radical (unpaired) electrons. The summed E-state index contributed by atoms with van der Waals surface area (Å²) in [5.74, 6) is 0.231. The first-order chi connectivity index (χ1) is 5.59. The monoisotopic (exact) mass is 250 g/mol. The molecule has 3 nitrogen and oxygen atoms in total. The fourth-order valence-electron chi connectivity index (χ4n) is 0.684. The van der Waals surface area contributed by atoms with Gasteiger partial charge in [-0.15, -0.1) is 0 Å². The van der Waals surface area contributed by atoms with Crippen molar-refractivity contribution in [3.8, 4) is 5.75 Å². The molecule has 0 aliphatic carbocycles. The third-order valence-corrected chi connectivity index (χ3v) is 1.91. The van der Waals surface area contributed by atoms with Gasteiger partial charge in [0, 0.05) is 4.47 Å². The van der Waals surface area contributed by atoms with E-state index in [2.05, 4.69) is 20.6 Å². The predicted molar refractivity (Wildman–Crippen MR) is 50.0 cm³/mol. The average Bonchev–Trinajstić information content (AvgIpc) is 1.94. The number of halogens is 2. The molecule has 1 aromatic carbocycles. The van der Waals surface area contributed by atoms with E-state index in [-0.39, 0.29) is 5.75 Å². The van der Waals surface area contributed by atoms with Gasteiger partial charge in [-0.1, -0.05) is 27.5 Å². The quantitative estimate of drug-likeness (QED) is 0.782. The molecule has 0 aromatic heterocycles. The highest BCUT2D eigenvalue weighted by Gasteiger charge is 2.13. The number of hydrogen-bond acceptors (Lipinski definition) is 3. The molecule has 12 heavy (non-hydrogen) atoms. The van der Waals surface area contributed by atoms with Gasteiger partial charge in [0.05, 0.1) is 5.02 Å². The first-order valence-corrected chi connectivity index (χ1v) is 4.24. The molecule has 2 N–H and O–H groups in total. The Labute approximate surface area is 83.2 Å². The molecule has 0 atom stereocenters. The second-order valence-corrected chi connectivity index (χ2v) is 3.34. The Morgan fingerprint density at radius 2 is 2.08 bits per heavy atom. The Kier molecular flexibility index (Phi) is 3.40. The van der Waals surface area contributed by atoms with Crippen LogP contribution in [0.3, 0.4) is 0 Å². The number of rotatable bonds is 2. The SMILES string of the molecule is OB(O)Oc1ccc(Br)cc1Cl. The maximum Gasteiger partial charge on any atom is 0.707 e. The molecule has 0 saturated heterocycles. The Bertz CT molecular complexity index is 281. The first kappa shape index (κ1) is 9.86. The second-order valence-electron chi connectivity index (χ2n) is 2.02. The van der Waals surface area contributed by atoms with Crippen LogP contribution in [0, 0.1) is 0 Å². The van der Waals surface area contributed by atoms with Gasteiger partial charge in [-0.2, -0.15) is 0 Å². The molecule has 1 rings (SSSR count). The molecule has 0 bridgehead atoms. The summed E-state index contributed by atoms with van der Waals surface area (Å²) in [4.78, 5) is 0. The van der Waals surface area contributed by atoms with Crippen molar-refractivity contribution in [2.24, 2.45) is 0 Å². The standard InChI is InChI=1S/C6H5BBrClO3/c8-4-1-2-6(5(9)3-4)12-7(10)11/h1-3,10-11H. The zero-order chi connectivity index (χ0) is 9.14. The predicted octanol–water partition coefficient (Wildman–Crippen LogP) is 1.45. The summed E-state index contributed by atoms with van der Waals surface area (Å²) in [6.45, 7) is 0. The molecule has 0 spiro atoms. The van der Waals surface area contributed by atoms with Crippen LogP contribution in [0.25, 0.3) is 0 Å². The van der Waals surface area contributed by atoms with E-state index in [1.54, 1.807) is 12.1 Å². The lowest BCUT2D eigenvalue weighted by molar-refractivity contribution is 0.288. The van der Waals surface area contributed by atoms with Crippen molar-refractivity contribution in [1.82, 2.24) is 0 Å². The van der Waals surface area contributed by atoms with Crippen LogP contribution in [0.4, 0.5) is 0 Å². The molecule has 0 fully saturated rings. The van der Waals surface area contributed by atoms with E-state index in [1.807, 2.05) is 0 Å². The van der Waals surface area contributed by atoms with Crippen molar-refractivity contribution in [3.05, 3.63) is 27.7 Å². The topological polar surface area (TPSA) is 49.7 Å². The van der Waals surface area contributed by atoms with Crippen LogP contribution in [0.5, 0.6) is 5.75 Å². The van der Waals surface area contributed by atoms with E-state index in [9.17, 15) is 0 Å². The molecule has 6 heteroatoms. The zero-order valence-electron chi connectivity index (χ0n) is 5.87. The Hall–Kier alpha value is -0.225. The summed E-state index contributed by atoms with van der Waals surface area (Å²) >= 11 is 8.89. The summed E-state index contributed by atoms with van der Waals surface area (Å²) in [6.07, 6.45) is 0. The van der Waals surface area contributed by atoms with Crippen molar-refractivity contribution in [3.63, 3.8) is 0 Å². The van der Waals surface area contributed by atoms with Gasteiger partial charge in [0.1, 0.15) is 5.75 Å². The van der Waals surface area contributed by atoms with E-state index in [4.69, 9.17) is 21.6 Å². The highest BCUT2D eigenvalue weighted by Crippen LogP contribution is 2.27. The molecule has 0 aliphatic rings. The van der Waals surface area contributed by atoms with Crippen molar-refractivity contribution < 1.29 is 14.7 Å². The van der Waals surface area contributed by atoms with Gasteiger partial charge in [0.2, 0.25) is 0 Å². The lowest BCUT2D eigenvalue weighted by atomic mass is 10.2. The third-order valence-electron chi connectivity index (χ3n) is 1.13. The molecule has 0 unspecified atom stereocenters. The fraction of sp³-hybridized carbons (Fsp3) is 0. The van der Waals surface area contributed by atoms with E-state index in [0.717, 1.165) is 4.47 Å². The van der Waals surface area contributed by atoms with Gasteiger partial charge in [0.15, 0.2) is 0 Å². The highest BCUT2D eigenvalue weighted by molar-refractivity contribution is 9.10. The largest absolute Gasteiger partial charge is 0.707 e. The van der Waals surface area contributed by atoms with E-state index in [0.29, 0.717) is 5.02 Å². The van der Waals surface area contributed by atoms with Crippen LogP contribution in [0.2, 0.25) is 5.02 Å². The van der Waals surface area contributed by atoms with Crippen LogP contribution in [-0.4, -0.2) is 17.4 Å². The van der Waals surface area contributed by atoms with Crippen molar-refractivity contribution in [1.29, 1.82) is 0 Å². The van der Waals surface area contributed by atoms with Crippen LogP contribution < -0.4 is 4.65 Å². The van der Waals surface area contributed by atoms with Gasteiger partial charge < -0.3 is 14.7 Å². The van der Waals surface area contributed by atoms with E-state index < -0.39 is 7.32 Å². The minimum Gasteiger partial charge on any atom is -0.511 e. The molecular weight excluding hydrogens is 246 g/mol. The van der Waals surface area contributed by atoms with Crippen molar-refractivity contribution in [2.75, 3.05) is 0 Å². The molecule has 0 heterocycles. The van der Waals surface area contributed by atoms with E-state index in [1.165, 1.54) is 6.07 Å². The normalized spacial score (nSPS) is 9.67. The highest BCUT2D eigenvalue weighted by atomic mass is 79.9. The summed E-state index contributed by atoms with van der Waals surface area (Å²) in [5, 5.41) is 17.2. The number of benzene rings is 1. The number of hydrogen-bond donors (Lipinski definition) is 2. The Morgan fingerprint density at radius 1 is 1.42 bits per heavy atom. The van der Waals surface area contributed by atoms with Crippen LogP contribution >= 0.6 is 27.5 Å². The van der Waals surface area contributed by atoms with Crippen LogP contribution in [0.15, 0.2) is 22.7 Å². The van der Waals surface area contributed by atoms with Crippen molar-refractivity contribution in [2.45, 2.75) is 0 Å². The average molecular weight is 251 g/mol. The van der Waals surface area contributed by atoms with Gasteiger partial charge in [-0.05, 0) is 18.2 Å². The smallest absolute Gasteiger partial charge is 0.511 e. The van der Waals surface area contributed by atoms with Crippen molar-refractivity contribution >= 4 is 34.9 Å². The summed E-state index contributed by atoms with van der Waals surface area (Å²) in [7, 11) is -1.84. The van der Waals surface area contributed by atoms with Gasteiger partial charge >= 0.3 is 7.32 Å². The second kappa shape index (κ2) is 4.14. The van der Waals surface area contributed by atoms with Gasteiger partial charge in [0.25, 0.3) is 0 Å². The van der Waals surface area contributed by atoms with E-state index >= 15 is 0 Å². The maximum atomic E-state index is 8.46. The van der Waals surface area contributed by atoms with Gasteiger partial charge in [-0.3, -0.25) is 0 Å². The zero-order valence-corrected chi connectivity index (χ0v) is 8.21. The molecule has 0 aliphatic heterocycles. The minimum atomic E-state index is -1.84. The Morgan fingerprint density at radius 3 is 2.58 bits per heavy atom. The molecule has 0 saturated carbocycles. The molecule has 1 aromatic rings. The molecule has 64 valence electrons. The Balaban J connectivity index is 2.86. The minimum absolute atomic E-state index is 0.231.